The molecular weight excluding hydrogens is 385 g/mol. The first-order valence-electron chi connectivity index (χ1n) is 6.37. The van der Waals surface area contributed by atoms with Gasteiger partial charge in [-0.3, -0.25) is 4.31 Å². The maximum Gasteiger partial charge on any atom is 0.265 e. The van der Waals surface area contributed by atoms with Crippen LogP contribution in [-0.2, 0) is 16.4 Å². The molecule has 0 spiro atoms. The summed E-state index contributed by atoms with van der Waals surface area (Å²) in [7, 11) is -3.47. The molecule has 0 bridgehead atoms. The number of halogens is 1. The van der Waals surface area contributed by atoms with Gasteiger partial charge in [-0.15, -0.1) is 0 Å². The summed E-state index contributed by atoms with van der Waals surface area (Å²) >= 11 is 2.09. The van der Waals surface area contributed by atoms with E-state index in [9.17, 15) is 8.42 Å². The lowest BCUT2D eigenvalue weighted by atomic mass is 10.2. The van der Waals surface area contributed by atoms with Crippen molar-refractivity contribution in [2.75, 3.05) is 10.8 Å². The first-order chi connectivity index (χ1) is 9.50. The van der Waals surface area contributed by atoms with Crippen molar-refractivity contribution in [1.29, 1.82) is 0 Å². The highest BCUT2D eigenvalue weighted by Crippen LogP contribution is 2.34. The van der Waals surface area contributed by atoms with Crippen molar-refractivity contribution in [3.8, 4) is 0 Å². The fourth-order valence-corrected chi connectivity index (χ4v) is 5.55. The molecule has 0 N–H and O–H groups in total. The monoisotopic (exact) mass is 399 g/mol. The fourth-order valence-electron chi connectivity index (χ4n) is 2.49. The quantitative estimate of drug-likeness (QED) is 0.727. The summed E-state index contributed by atoms with van der Waals surface area (Å²) in [5.41, 5.74) is 2.97. The Bertz CT molecular complexity index is 771. The second-order valence-corrected chi connectivity index (χ2v) is 7.88. The van der Waals surface area contributed by atoms with Crippen LogP contribution in [0.3, 0.4) is 0 Å². The lowest BCUT2D eigenvalue weighted by molar-refractivity contribution is 0.592. The number of para-hydroxylation sites is 1. The average molecular weight is 399 g/mol. The number of hydrogen-bond acceptors (Lipinski definition) is 2. The minimum Gasteiger partial charge on any atom is -0.266 e. The largest absolute Gasteiger partial charge is 0.266 e. The van der Waals surface area contributed by atoms with Gasteiger partial charge in [-0.2, -0.15) is 0 Å². The van der Waals surface area contributed by atoms with Gasteiger partial charge in [-0.05, 0) is 65.3 Å². The Morgan fingerprint density at radius 3 is 2.65 bits per heavy atom. The van der Waals surface area contributed by atoms with E-state index in [4.69, 9.17) is 0 Å². The molecular formula is C15H14INO2S. The molecule has 0 fully saturated rings. The van der Waals surface area contributed by atoms with Crippen molar-refractivity contribution in [3.05, 3.63) is 57.2 Å². The number of aryl methyl sites for hydroxylation is 1. The zero-order valence-electron chi connectivity index (χ0n) is 11.0. The first-order valence-corrected chi connectivity index (χ1v) is 8.89. The second-order valence-electron chi connectivity index (χ2n) is 4.89. The van der Waals surface area contributed by atoms with Crippen LogP contribution < -0.4 is 4.31 Å². The highest BCUT2D eigenvalue weighted by atomic mass is 127. The number of fused-ring (bicyclic) bond motifs is 1. The summed E-state index contributed by atoms with van der Waals surface area (Å²) in [5.74, 6) is 0. The van der Waals surface area contributed by atoms with E-state index in [0.717, 1.165) is 26.8 Å². The Kier molecular flexibility index (Phi) is 3.50. The van der Waals surface area contributed by atoms with Crippen molar-refractivity contribution in [3.63, 3.8) is 0 Å². The normalized spacial score (nSPS) is 14.4. The number of nitrogens with zero attached hydrogens (tertiary/aromatic N) is 1. The number of rotatable bonds is 2. The number of benzene rings is 2. The Labute approximate surface area is 132 Å². The van der Waals surface area contributed by atoms with Crippen molar-refractivity contribution < 1.29 is 8.42 Å². The number of sulfonamides is 1. The summed E-state index contributed by atoms with van der Waals surface area (Å²) in [5, 5.41) is 0. The van der Waals surface area contributed by atoms with E-state index in [1.54, 1.807) is 6.07 Å². The Hall–Kier alpha value is -1.08. The smallest absolute Gasteiger partial charge is 0.265 e. The Balaban J connectivity index is 2.10. The number of anilines is 1. The second kappa shape index (κ2) is 5.04. The van der Waals surface area contributed by atoms with E-state index in [1.807, 2.05) is 43.3 Å². The van der Waals surface area contributed by atoms with Crippen LogP contribution in [0, 0.1) is 10.5 Å². The molecule has 3 nitrogen and oxygen atoms in total. The molecule has 5 heteroatoms. The Morgan fingerprint density at radius 2 is 1.90 bits per heavy atom. The van der Waals surface area contributed by atoms with E-state index in [0.29, 0.717) is 11.4 Å². The van der Waals surface area contributed by atoms with Gasteiger partial charge in [0.15, 0.2) is 0 Å². The molecule has 0 radical (unpaired) electrons. The molecule has 0 atom stereocenters. The van der Waals surface area contributed by atoms with Gasteiger partial charge in [0.05, 0.1) is 5.69 Å². The minimum atomic E-state index is -3.47. The molecule has 20 heavy (non-hydrogen) atoms. The molecule has 1 aliphatic rings. The van der Waals surface area contributed by atoms with Crippen molar-refractivity contribution in [1.82, 2.24) is 0 Å². The molecule has 2 aromatic carbocycles. The summed E-state index contributed by atoms with van der Waals surface area (Å²) in [6, 6.07) is 13.1. The highest BCUT2D eigenvalue weighted by Gasteiger charge is 2.31. The molecule has 1 aliphatic heterocycles. The van der Waals surface area contributed by atoms with Crippen molar-refractivity contribution in [2.45, 2.75) is 18.2 Å². The SMILES string of the molecule is Cc1ccc(S(=O)(=O)N2CCc3ccccc32)c(I)c1. The zero-order valence-corrected chi connectivity index (χ0v) is 14.0. The lowest BCUT2D eigenvalue weighted by Crippen LogP contribution is -2.29. The molecule has 0 saturated heterocycles. The minimum absolute atomic E-state index is 0.389. The maximum atomic E-state index is 12.9. The van der Waals surface area contributed by atoms with Gasteiger partial charge >= 0.3 is 0 Å². The summed E-state index contributed by atoms with van der Waals surface area (Å²) in [4.78, 5) is 0.389. The first kappa shape index (κ1) is 13.9. The third-order valence-corrected chi connectivity index (χ3v) is 6.63. The standard InChI is InChI=1S/C15H14INO2S/c1-11-6-7-15(13(16)10-11)20(18,19)17-9-8-12-4-2-3-5-14(12)17/h2-7,10H,8-9H2,1H3. The molecule has 0 amide bonds. The maximum absolute atomic E-state index is 12.9. The average Bonchev–Trinajstić information content (AvgIpc) is 2.82. The lowest BCUT2D eigenvalue weighted by Gasteiger charge is -2.20. The molecule has 3 rings (SSSR count). The van der Waals surface area contributed by atoms with Crippen LogP contribution in [0.4, 0.5) is 5.69 Å². The van der Waals surface area contributed by atoms with Crippen LogP contribution in [-0.4, -0.2) is 15.0 Å². The van der Waals surface area contributed by atoms with E-state index >= 15 is 0 Å². The van der Waals surface area contributed by atoms with Crippen LogP contribution >= 0.6 is 22.6 Å². The highest BCUT2D eigenvalue weighted by molar-refractivity contribution is 14.1. The van der Waals surface area contributed by atoms with E-state index in [-0.39, 0.29) is 0 Å². The summed E-state index contributed by atoms with van der Waals surface area (Å²) < 4.78 is 28.0. The summed E-state index contributed by atoms with van der Waals surface area (Å²) in [6.45, 7) is 2.48. The van der Waals surface area contributed by atoms with Gasteiger partial charge in [0, 0.05) is 10.1 Å². The van der Waals surface area contributed by atoms with Crippen LogP contribution in [0.2, 0.25) is 0 Å². The van der Waals surface area contributed by atoms with Gasteiger partial charge in [-0.25, -0.2) is 8.42 Å². The van der Waals surface area contributed by atoms with Gasteiger partial charge < -0.3 is 0 Å². The van der Waals surface area contributed by atoms with Gasteiger partial charge in [0.2, 0.25) is 0 Å². The fraction of sp³-hybridized carbons (Fsp3) is 0.200. The van der Waals surface area contributed by atoms with Gasteiger partial charge in [-0.1, -0.05) is 24.3 Å². The molecule has 0 unspecified atom stereocenters. The molecule has 1 heterocycles. The third-order valence-electron chi connectivity index (χ3n) is 3.50. The van der Waals surface area contributed by atoms with Crippen LogP contribution in [0.15, 0.2) is 47.4 Å². The van der Waals surface area contributed by atoms with Crippen LogP contribution in [0.1, 0.15) is 11.1 Å². The Morgan fingerprint density at radius 1 is 1.15 bits per heavy atom. The van der Waals surface area contributed by atoms with Crippen molar-refractivity contribution >= 4 is 38.3 Å². The van der Waals surface area contributed by atoms with E-state index in [2.05, 4.69) is 22.6 Å². The molecule has 2 aromatic rings. The van der Waals surface area contributed by atoms with Crippen LogP contribution in [0.5, 0.6) is 0 Å². The van der Waals surface area contributed by atoms with Gasteiger partial charge in [0.25, 0.3) is 10.0 Å². The third kappa shape index (κ3) is 2.22. The zero-order chi connectivity index (χ0) is 14.3. The molecule has 104 valence electrons. The topological polar surface area (TPSA) is 37.4 Å². The van der Waals surface area contributed by atoms with E-state index < -0.39 is 10.0 Å². The predicted molar refractivity (Wildman–Crippen MR) is 88.6 cm³/mol. The molecule has 0 saturated carbocycles. The molecule has 0 aromatic heterocycles. The number of hydrogen-bond donors (Lipinski definition) is 0. The van der Waals surface area contributed by atoms with E-state index in [1.165, 1.54) is 4.31 Å². The van der Waals surface area contributed by atoms with Crippen molar-refractivity contribution in [2.24, 2.45) is 0 Å². The molecule has 0 aliphatic carbocycles. The summed E-state index contributed by atoms with van der Waals surface area (Å²) in [6.07, 6.45) is 0.776. The van der Waals surface area contributed by atoms with Gasteiger partial charge in [0.1, 0.15) is 4.90 Å². The van der Waals surface area contributed by atoms with Crippen LogP contribution in [0.25, 0.3) is 0 Å². The predicted octanol–water partition coefficient (Wildman–Crippen LogP) is 3.35.